The van der Waals surface area contributed by atoms with E-state index in [0.717, 1.165) is 61.3 Å². The molecule has 0 aliphatic carbocycles. The molecule has 4 aromatic heterocycles. The average molecular weight is 576 g/mol. The zero-order valence-corrected chi connectivity index (χ0v) is 25.2. The van der Waals surface area contributed by atoms with Crippen molar-refractivity contribution in [2.24, 2.45) is 5.73 Å². The summed E-state index contributed by atoms with van der Waals surface area (Å²) in [5, 5.41) is 2.04. The molecule has 0 fully saturated rings. The number of nitrogens with one attached hydrogen (secondary N) is 2. The number of rotatable bonds is 6. The van der Waals surface area contributed by atoms with Crippen molar-refractivity contribution in [3.63, 3.8) is 0 Å². The fourth-order valence-corrected chi connectivity index (χ4v) is 5.03. The summed E-state index contributed by atoms with van der Waals surface area (Å²) in [4.78, 5) is 35.3. The topological polar surface area (TPSA) is 135 Å². The third-order valence-electron chi connectivity index (χ3n) is 7.18. The van der Waals surface area contributed by atoms with E-state index < -0.39 is 5.60 Å². The predicted octanol–water partition coefficient (Wildman–Crippen LogP) is 6.60. The largest absolute Gasteiger partial charge is 0.460 e. The number of benzene rings is 2. The highest BCUT2D eigenvalue weighted by atomic mass is 16.6. The van der Waals surface area contributed by atoms with E-state index in [4.69, 9.17) is 10.5 Å². The van der Waals surface area contributed by atoms with Crippen molar-refractivity contribution in [3.8, 4) is 22.5 Å². The lowest BCUT2D eigenvalue weighted by molar-refractivity contribution is -0.154. The number of carbonyl (C=O) groups is 1. The molecule has 6 aromatic rings. The number of esters is 1. The molecule has 4 heterocycles. The minimum atomic E-state index is -0.440. The van der Waals surface area contributed by atoms with Crippen LogP contribution in [0.25, 0.3) is 44.6 Å². The molecule has 0 radical (unpaired) electrons. The first kappa shape index (κ1) is 29.6. The predicted molar refractivity (Wildman–Crippen MR) is 170 cm³/mol. The SMILES string of the molecule is Cc1cc(-c2ncnc3[nH]ccc23)ccc1CCC(=O)OC(C)(C)C.Cc1cc(-c2ncnc3[nH]ccc23)ccc1CN. The minimum absolute atomic E-state index is 0.166. The molecular formula is C34H37N7O2. The van der Waals surface area contributed by atoms with Crippen molar-refractivity contribution in [2.75, 3.05) is 0 Å². The lowest BCUT2D eigenvalue weighted by atomic mass is 9.99. The van der Waals surface area contributed by atoms with E-state index in [1.54, 1.807) is 12.7 Å². The van der Waals surface area contributed by atoms with E-state index in [9.17, 15) is 4.79 Å². The van der Waals surface area contributed by atoms with Crippen LogP contribution in [0, 0.1) is 13.8 Å². The van der Waals surface area contributed by atoms with Crippen molar-refractivity contribution < 1.29 is 9.53 Å². The highest BCUT2D eigenvalue weighted by Crippen LogP contribution is 2.28. The Kier molecular flexibility index (Phi) is 8.63. The second kappa shape index (κ2) is 12.5. The van der Waals surface area contributed by atoms with Crippen molar-refractivity contribution in [3.05, 3.63) is 95.8 Å². The number of hydrogen-bond donors (Lipinski definition) is 3. The van der Waals surface area contributed by atoms with E-state index in [1.165, 1.54) is 5.56 Å². The molecular weight excluding hydrogens is 538 g/mol. The van der Waals surface area contributed by atoms with Gasteiger partial charge in [0.2, 0.25) is 0 Å². The quantitative estimate of drug-likeness (QED) is 0.190. The van der Waals surface area contributed by atoms with E-state index in [0.29, 0.717) is 19.4 Å². The van der Waals surface area contributed by atoms with Crippen LogP contribution < -0.4 is 5.73 Å². The van der Waals surface area contributed by atoms with Gasteiger partial charge in [0.25, 0.3) is 0 Å². The summed E-state index contributed by atoms with van der Waals surface area (Å²) in [6.45, 7) is 10.3. The summed E-state index contributed by atoms with van der Waals surface area (Å²) >= 11 is 0. The van der Waals surface area contributed by atoms with Crippen LogP contribution >= 0.6 is 0 Å². The van der Waals surface area contributed by atoms with Crippen molar-refractivity contribution in [1.82, 2.24) is 29.9 Å². The van der Waals surface area contributed by atoms with Crippen LogP contribution in [0.5, 0.6) is 0 Å². The monoisotopic (exact) mass is 575 g/mol. The second-order valence-electron chi connectivity index (χ2n) is 11.5. The van der Waals surface area contributed by atoms with Crippen LogP contribution in [0.1, 0.15) is 49.4 Å². The van der Waals surface area contributed by atoms with Gasteiger partial charge in [-0.3, -0.25) is 4.79 Å². The van der Waals surface area contributed by atoms with Gasteiger partial charge in [-0.25, -0.2) is 19.9 Å². The highest BCUT2D eigenvalue weighted by molar-refractivity contribution is 5.91. The van der Waals surface area contributed by atoms with Crippen LogP contribution in [-0.4, -0.2) is 41.5 Å². The summed E-state index contributed by atoms with van der Waals surface area (Å²) < 4.78 is 5.37. The van der Waals surface area contributed by atoms with Gasteiger partial charge in [0.15, 0.2) is 0 Å². The molecule has 43 heavy (non-hydrogen) atoms. The van der Waals surface area contributed by atoms with Crippen molar-refractivity contribution in [1.29, 1.82) is 0 Å². The molecule has 0 bridgehead atoms. The zero-order chi connectivity index (χ0) is 30.6. The molecule has 0 spiro atoms. The van der Waals surface area contributed by atoms with Gasteiger partial charge in [0, 0.05) is 47.3 Å². The zero-order valence-electron chi connectivity index (χ0n) is 25.2. The second-order valence-corrected chi connectivity index (χ2v) is 11.5. The Hall–Kier alpha value is -4.89. The molecule has 220 valence electrons. The van der Waals surface area contributed by atoms with Gasteiger partial charge in [-0.05, 0) is 87.6 Å². The van der Waals surface area contributed by atoms with E-state index in [2.05, 4.69) is 74.1 Å². The Morgan fingerprint density at radius 1 is 0.767 bits per heavy atom. The van der Waals surface area contributed by atoms with Crippen LogP contribution in [0.4, 0.5) is 0 Å². The lowest BCUT2D eigenvalue weighted by Crippen LogP contribution is -2.24. The Morgan fingerprint density at radius 2 is 1.28 bits per heavy atom. The smallest absolute Gasteiger partial charge is 0.306 e. The van der Waals surface area contributed by atoms with Gasteiger partial charge >= 0.3 is 5.97 Å². The first-order valence-electron chi connectivity index (χ1n) is 14.3. The molecule has 0 saturated heterocycles. The normalized spacial score (nSPS) is 11.4. The third kappa shape index (κ3) is 6.95. The number of fused-ring (bicyclic) bond motifs is 2. The number of ether oxygens (including phenoxy) is 1. The molecule has 9 heteroatoms. The maximum absolute atomic E-state index is 11.9. The molecule has 2 aromatic carbocycles. The molecule has 0 amide bonds. The molecule has 0 aliphatic heterocycles. The number of aromatic nitrogens is 6. The lowest BCUT2D eigenvalue weighted by Gasteiger charge is -2.19. The summed E-state index contributed by atoms with van der Waals surface area (Å²) in [7, 11) is 0. The minimum Gasteiger partial charge on any atom is -0.460 e. The number of H-pyrrole nitrogens is 2. The standard InChI is InChI=1S/C20H23N3O2.C14H14N4/c1-13-11-15(18-16-9-10-21-19(16)23-12-22-18)6-5-14(13)7-8-17(24)25-20(2,3)4;1-9-6-10(2-3-11(9)7-15)13-12-4-5-16-14(12)18-8-17-13/h5-6,9-12H,7-8H2,1-4H3,(H,21,22,23);2-6,8H,7,15H2,1H3,(H,16,17,18). The van der Waals surface area contributed by atoms with Gasteiger partial charge in [-0.2, -0.15) is 0 Å². The molecule has 0 unspecified atom stereocenters. The fourth-order valence-electron chi connectivity index (χ4n) is 5.03. The molecule has 0 aliphatic rings. The fraction of sp³-hybridized carbons (Fsp3) is 0.265. The van der Waals surface area contributed by atoms with E-state index in [-0.39, 0.29) is 5.97 Å². The van der Waals surface area contributed by atoms with Gasteiger partial charge in [0.1, 0.15) is 29.6 Å². The van der Waals surface area contributed by atoms with Gasteiger partial charge in [-0.15, -0.1) is 0 Å². The first-order valence-corrected chi connectivity index (χ1v) is 14.3. The first-order chi connectivity index (χ1) is 20.6. The summed E-state index contributed by atoms with van der Waals surface area (Å²) in [6.07, 6.45) is 7.95. The van der Waals surface area contributed by atoms with Gasteiger partial charge < -0.3 is 20.4 Å². The summed E-state index contributed by atoms with van der Waals surface area (Å²) in [5.41, 5.74) is 15.6. The molecule has 4 N–H and O–H groups in total. The Morgan fingerprint density at radius 3 is 1.74 bits per heavy atom. The maximum atomic E-state index is 11.9. The van der Waals surface area contributed by atoms with E-state index in [1.807, 2.05) is 51.4 Å². The van der Waals surface area contributed by atoms with Gasteiger partial charge in [0.05, 0.1) is 11.4 Å². The highest BCUT2D eigenvalue weighted by Gasteiger charge is 2.16. The maximum Gasteiger partial charge on any atom is 0.306 e. The molecule has 0 saturated carbocycles. The number of hydrogen-bond acceptors (Lipinski definition) is 7. The molecule has 6 rings (SSSR count). The number of nitrogens with zero attached hydrogens (tertiary/aromatic N) is 4. The molecule has 0 atom stereocenters. The summed E-state index contributed by atoms with van der Waals surface area (Å²) in [5.74, 6) is -0.166. The van der Waals surface area contributed by atoms with Crippen LogP contribution in [0.3, 0.4) is 0 Å². The van der Waals surface area contributed by atoms with Crippen LogP contribution in [0.2, 0.25) is 0 Å². The Labute approximate surface area is 251 Å². The van der Waals surface area contributed by atoms with Crippen LogP contribution in [0.15, 0.2) is 73.6 Å². The van der Waals surface area contributed by atoms with Crippen LogP contribution in [-0.2, 0) is 22.5 Å². The summed E-state index contributed by atoms with van der Waals surface area (Å²) in [6, 6.07) is 16.4. The van der Waals surface area contributed by atoms with Gasteiger partial charge in [-0.1, -0.05) is 24.3 Å². The Balaban J connectivity index is 0.000000180. The van der Waals surface area contributed by atoms with E-state index >= 15 is 0 Å². The number of aryl methyl sites for hydroxylation is 3. The average Bonchev–Trinajstić information content (AvgIpc) is 3.66. The number of carbonyl (C=O) groups excluding carboxylic acids is 1. The number of aromatic amines is 2. The number of nitrogens with two attached hydrogens (primary N) is 1. The molecule has 9 nitrogen and oxygen atoms in total. The van der Waals surface area contributed by atoms with Crippen molar-refractivity contribution in [2.45, 2.75) is 59.6 Å². The van der Waals surface area contributed by atoms with Crippen molar-refractivity contribution >= 4 is 28.0 Å². The Bertz CT molecular complexity index is 1880. The third-order valence-corrected chi connectivity index (χ3v) is 7.18.